The number of hydrogen-bond donors (Lipinski definition) is 1. The van der Waals surface area contributed by atoms with Gasteiger partial charge in [0.2, 0.25) is 0 Å². The third kappa shape index (κ3) is 7.17. The molecule has 0 aromatic carbocycles. The van der Waals surface area contributed by atoms with Gasteiger partial charge in [-0.2, -0.15) is 18.4 Å². The Balaban J connectivity index is 4.36. The van der Waals surface area contributed by atoms with E-state index in [2.05, 4.69) is 0 Å². The maximum atomic E-state index is 12.1. The number of alkyl halides is 3. The molecule has 0 aromatic heterocycles. The summed E-state index contributed by atoms with van der Waals surface area (Å²) in [5.41, 5.74) is 4.26. The van der Waals surface area contributed by atoms with Crippen molar-refractivity contribution in [1.29, 1.82) is 5.26 Å². The van der Waals surface area contributed by atoms with E-state index in [1.165, 1.54) is 6.92 Å². The maximum Gasteiger partial charge on any atom is 0.401 e. The Hall–Kier alpha value is -0.800. The first-order chi connectivity index (χ1) is 6.70. The first-order valence-electron chi connectivity index (χ1n) is 4.69. The van der Waals surface area contributed by atoms with E-state index in [4.69, 9.17) is 11.0 Å². The summed E-state index contributed by atoms with van der Waals surface area (Å²) in [6.45, 7) is 2.40. The maximum absolute atomic E-state index is 12.1. The summed E-state index contributed by atoms with van der Waals surface area (Å²) >= 11 is 0. The van der Waals surface area contributed by atoms with Crippen LogP contribution in [0.4, 0.5) is 13.2 Å². The summed E-state index contributed by atoms with van der Waals surface area (Å²) in [5.74, 6) is 0. The quantitative estimate of drug-likeness (QED) is 0.768. The van der Waals surface area contributed by atoms with Gasteiger partial charge in [-0.15, -0.1) is 0 Å². The van der Waals surface area contributed by atoms with Gasteiger partial charge in [0.25, 0.3) is 0 Å². The van der Waals surface area contributed by atoms with Gasteiger partial charge in [0, 0.05) is 6.54 Å². The van der Waals surface area contributed by atoms with Gasteiger partial charge in [0.1, 0.15) is 5.54 Å². The highest BCUT2D eigenvalue weighted by atomic mass is 19.4. The van der Waals surface area contributed by atoms with Crippen molar-refractivity contribution in [2.45, 2.75) is 32.0 Å². The lowest BCUT2D eigenvalue weighted by atomic mass is 10.1. The van der Waals surface area contributed by atoms with Crippen molar-refractivity contribution in [3.8, 4) is 6.07 Å². The zero-order valence-electron chi connectivity index (χ0n) is 8.93. The van der Waals surface area contributed by atoms with Crippen LogP contribution in [0.2, 0.25) is 0 Å². The summed E-state index contributed by atoms with van der Waals surface area (Å²) in [6, 6.07) is 1.78. The minimum absolute atomic E-state index is 0.0726. The summed E-state index contributed by atoms with van der Waals surface area (Å²) in [7, 11) is 0. The van der Waals surface area contributed by atoms with E-state index in [-0.39, 0.29) is 13.1 Å². The molecule has 1 unspecified atom stereocenters. The molecule has 0 radical (unpaired) electrons. The fraction of sp³-hybridized carbons (Fsp3) is 0.889. The van der Waals surface area contributed by atoms with E-state index in [9.17, 15) is 13.2 Å². The molecule has 3 nitrogen and oxygen atoms in total. The van der Waals surface area contributed by atoms with Crippen molar-refractivity contribution >= 4 is 0 Å². The molecule has 88 valence electrons. The molecule has 0 aliphatic heterocycles. The molecule has 0 bridgehead atoms. The lowest BCUT2D eigenvalue weighted by molar-refractivity contribution is -0.146. The number of nitrogens with two attached hydrogens (primary N) is 1. The average molecular weight is 223 g/mol. The standard InChI is InChI=1S/C9H16F3N3/c1-3-4-15(7-9(10,11)12)6-8(2,14)5-13/h3-4,6-7,14H2,1-2H3. The van der Waals surface area contributed by atoms with Gasteiger partial charge in [0.15, 0.2) is 0 Å². The summed E-state index contributed by atoms with van der Waals surface area (Å²) < 4.78 is 36.4. The van der Waals surface area contributed by atoms with Gasteiger partial charge < -0.3 is 5.73 Å². The molecule has 2 N–H and O–H groups in total. The van der Waals surface area contributed by atoms with Crippen molar-refractivity contribution < 1.29 is 13.2 Å². The van der Waals surface area contributed by atoms with Crippen LogP contribution in [-0.4, -0.2) is 36.2 Å². The zero-order chi connectivity index (χ0) is 12.1. The molecule has 0 saturated heterocycles. The molecule has 0 aliphatic rings. The third-order valence-corrected chi connectivity index (χ3v) is 1.75. The van der Waals surface area contributed by atoms with Gasteiger partial charge in [-0.05, 0) is 19.9 Å². The topological polar surface area (TPSA) is 53.0 Å². The Bertz CT molecular complexity index is 230. The van der Waals surface area contributed by atoms with Crippen molar-refractivity contribution in [3.63, 3.8) is 0 Å². The van der Waals surface area contributed by atoms with Crippen LogP contribution in [0.1, 0.15) is 20.3 Å². The van der Waals surface area contributed by atoms with E-state index < -0.39 is 18.3 Å². The van der Waals surface area contributed by atoms with Gasteiger partial charge in [0.05, 0.1) is 12.6 Å². The van der Waals surface area contributed by atoms with Gasteiger partial charge in [-0.25, -0.2) is 0 Å². The predicted molar refractivity (Wildman–Crippen MR) is 51.0 cm³/mol. The van der Waals surface area contributed by atoms with Gasteiger partial charge >= 0.3 is 6.18 Å². The number of nitrogens with zero attached hydrogens (tertiary/aromatic N) is 2. The van der Waals surface area contributed by atoms with Crippen LogP contribution in [0.5, 0.6) is 0 Å². The highest BCUT2D eigenvalue weighted by Gasteiger charge is 2.33. The largest absolute Gasteiger partial charge is 0.401 e. The van der Waals surface area contributed by atoms with Crippen LogP contribution in [0.15, 0.2) is 0 Å². The Morgan fingerprint density at radius 2 is 1.87 bits per heavy atom. The number of nitriles is 1. The monoisotopic (exact) mass is 223 g/mol. The second kappa shape index (κ2) is 5.33. The second-order valence-corrected chi connectivity index (χ2v) is 3.86. The second-order valence-electron chi connectivity index (χ2n) is 3.86. The van der Waals surface area contributed by atoms with Crippen molar-refractivity contribution in [3.05, 3.63) is 0 Å². The van der Waals surface area contributed by atoms with E-state index in [1.54, 1.807) is 13.0 Å². The lowest BCUT2D eigenvalue weighted by Gasteiger charge is -2.28. The molecule has 0 heterocycles. The molecule has 0 amide bonds. The van der Waals surface area contributed by atoms with Crippen molar-refractivity contribution in [2.75, 3.05) is 19.6 Å². The van der Waals surface area contributed by atoms with Crippen LogP contribution >= 0.6 is 0 Å². The normalized spacial score (nSPS) is 16.1. The molecular weight excluding hydrogens is 207 g/mol. The van der Waals surface area contributed by atoms with Gasteiger partial charge in [-0.3, -0.25) is 4.90 Å². The number of rotatable bonds is 5. The fourth-order valence-corrected chi connectivity index (χ4v) is 1.28. The van der Waals surface area contributed by atoms with Crippen molar-refractivity contribution in [1.82, 2.24) is 4.90 Å². The molecule has 0 spiro atoms. The minimum atomic E-state index is -4.25. The Kier molecular flexibility index (Phi) is 5.05. The number of hydrogen-bond acceptors (Lipinski definition) is 3. The highest BCUT2D eigenvalue weighted by Crippen LogP contribution is 2.17. The van der Waals surface area contributed by atoms with E-state index in [0.29, 0.717) is 6.42 Å². The van der Waals surface area contributed by atoms with E-state index in [1.807, 2.05) is 0 Å². The van der Waals surface area contributed by atoms with Gasteiger partial charge in [-0.1, -0.05) is 6.92 Å². The Morgan fingerprint density at radius 3 is 2.20 bits per heavy atom. The predicted octanol–water partition coefficient (Wildman–Crippen LogP) is 1.50. The van der Waals surface area contributed by atoms with Crippen LogP contribution in [0.3, 0.4) is 0 Å². The molecular formula is C9H16F3N3. The minimum Gasteiger partial charge on any atom is -0.313 e. The lowest BCUT2D eigenvalue weighted by Crippen LogP contribution is -2.49. The fourth-order valence-electron chi connectivity index (χ4n) is 1.28. The third-order valence-electron chi connectivity index (χ3n) is 1.75. The zero-order valence-corrected chi connectivity index (χ0v) is 8.93. The average Bonchev–Trinajstić information content (AvgIpc) is 2.01. The van der Waals surface area contributed by atoms with Crippen LogP contribution in [0.25, 0.3) is 0 Å². The molecule has 0 saturated carbocycles. The first-order valence-corrected chi connectivity index (χ1v) is 4.69. The number of halogens is 3. The van der Waals surface area contributed by atoms with Crippen LogP contribution in [-0.2, 0) is 0 Å². The Morgan fingerprint density at radius 1 is 1.33 bits per heavy atom. The molecule has 0 rings (SSSR count). The summed E-state index contributed by atoms with van der Waals surface area (Å²) in [5, 5.41) is 8.63. The summed E-state index contributed by atoms with van der Waals surface area (Å²) in [4.78, 5) is 1.16. The Labute approximate surface area is 87.6 Å². The smallest absolute Gasteiger partial charge is 0.313 e. The molecule has 0 aliphatic carbocycles. The van der Waals surface area contributed by atoms with E-state index in [0.717, 1.165) is 4.90 Å². The first kappa shape index (κ1) is 14.2. The highest BCUT2D eigenvalue weighted by molar-refractivity contribution is 5.03. The van der Waals surface area contributed by atoms with E-state index >= 15 is 0 Å². The summed E-state index contributed by atoms with van der Waals surface area (Å²) in [6.07, 6.45) is -3.65. The van der Waals surface area contributed by atoms with Crippen LogP contribution < -0.4 is 5.73 Å². The van der Waals surface area contributed by atoms with Crippen LogP contribution in [0, 0.1) is 11.3 Å². The molecule has 1 atom stereocenters. The molecule has 6 heteroatoms. The molecule has 15 heavy (non-hydrogen) atoms. The molecule has 0 fully saturated rings. The SMILES string of the molecule is CCCN(CC(F)(F)F)CC(C)(N)C#N. The van der Waals surface area contributed by atoms with Crippen molar-refractivity contribution in [2.24, 2.45) is 5.73 Å². The molecule has 0 aromatic rings.